The zero-order chi connectivity index (χ0) is 19.8. The summed E-state index contributed by atoms with van der Waals surface area (Å²) in [6.45, 7) is 11.8. The first-order valence-electron chi connectivity index (χ1n) is 9.64. The van der Waals surface area contributed by atoms with Crippen LogP contribution in [0.4, 0.5) is 0 Å². The molecule has 1 aliphatic heterocycles. The van der Waals surface area contributed by atoms with Crippen molar-refractivity contribution in [2.45, 2.75) is 39.3 Å². The van der Waals surface area contributed by atoms with E-state index in [4.69, 9.17) is 0 Å². The fraction of sp³-hybridized carbons (Fsp3) is 0.600. The monoisotopic (exact) mass is 438 g/mol. The Morgan fingerprint density at radius 2 is 1.78 bits per heavy atom. The Labute approximate surface area is 170 Å². The van der Waals surface area contributed by atoms with Crippen LogP contribution >= 0.6 is 15.9 Å². The number of carbonyl (C=O) groups is 2. The Morgan fingerprint density at radius 3 is 2.33 bits per heavy atom. The molecule has 150 valence electrons. The Hall–Kier alpha value is -1.44. The van der Waals surface area contributed by atoms with Crippen molar-refractivity contribution in [3.8, 4) is 0 Å². The molecule has 2 atom stereocenters. The summed E-state index contributed by atoms with van der Waals surface area (Å²) in [6, 6.07) is 7.67. The number of carbonyl (C=O) groups excluding carboxylic acids is 2. The molecular formula is C20H31BrN4O2. The minimum atomic E-state index is -0.320. The van der Waals surface area contributed by atoms with Gasteiger partial charge in [0.15, 0.2) is 0 Å². The summed E-state index contributed by atoms with van der Waals surface area (Å²) in [7, 11) is 0. The van der Waals surface area contributed by atoms with Crippen molar-refractivity contribution < 1.29 is 9.59 Å². The van der Waals surface area contributed by atoms with Gasteiger partial charge in [-0.2, -0.15) is 0 Å². The second-order valence-corrected chi connectivity index (χ2v) is 8.05. The quantitative estimate of drug-likeness (QED) is 0.652. The van der Waals surface area contributed by atoms with Gasteiger partial charge in [0, 0.05) is 50.2 Å². The second-order valence-electron chi connectivity index (χ2n) is 7.13. The van der Waals surface area contributed by atoms with Gasteiger partial charge in [-0.15, -0.1) is 0 Å². The van der Waals surface area contributed by atoms with Gasteiger partial charge in [0.2, 0.25) is 11.8 Å². The highest BCUT2D eigenvalue weighted by molar-refractivity contribution is 9.10. The van der Waals surface area contributed by atoms with Crippen LogP contribution in [0.25, 0.3) is 0 Å². The topological polar surface area (TPSA) is 64.7 Å². The molecule has 27 heavy (non-hydrogen) atoms. The van der Waals surface area contributed by atoms with Gasteiger partial charge in [-0.3, -0.25) is 14.5 Å². The van der Waals surface area contributed by atoms with Gasteiger partial charge in [-0.25, -0.2) is 0 Å². The largest absolute Gasteiger partial charge is 0.354 e. The van der Waals surface area contributed by atoms with Gasteiger partial charge in [-0.05, 0) is 31.2 Å². The average molecular weight is 439 g/mol. The molecular weight excluding hydrogens is 408 g/mol. The Bertz CT molecular complexity index is 615. The first kappa shape index (κ1) is 21.9. The molecule has 1 aromatic rings. The predicted molar refractivity (Wildman–Crippen MR) is 111 cm³/mol. The number of hydrogen-bond donors (Lipinski definition) is 2. The van der Waals surface area contributed by atoms with Crippen molar-refractivity contribution in [1.29, 1.82) is 0 Å². The molecule has 1 saturated heterocycles. The van der Waals surface area contributed by atoms with E-state index in [0.29, 0.717) is 12.6 Å². The van der Waals surface area contributed by atoms with Gasteiger partial charge in [-0.1, -0.05) is 35.0 Å². The summed E-state index contributed by atoms with van der Waals surface area (Å²) in [5.41, 5.74) is 0.923. The Balaban J connectivity index is 1.84. The molecule has 0 radical (unpaired) electrons. The summed E-state index contributed by atoms with van der Waals surface area (Å²) >= 11 is 3.41. The highest BCUT2D eigenvalue weighted by Gasteiger charge is 2.22. The van der Waals surface area contributed by atoms with Crippen molar-refractivity contribution >= 4 is 27.7 Å². The van der Waals surface area contributed by atoms with Crippen molar-refractivity contribution in [2.24, 2.45) is 0 Å². The zero-order valence-corrected chi connectivity index (χ0v) is 18.1. The number of likely N-dealkylation sites (N-methyl/N-ethyl adjacent to an activating group) is 1. The molecule has 2 unspecified atom stereocenters. The van der Waals surface area contributed by atoms with E-state index in [0.717, 1.165) is 42.8 Å². The fourth-order valence-electron chi connectivity index (χ4n) is 3.36. The average Bonchev–Trinajstić information content (AvgIpc) is 2.66. The lowest BCUT2D eigenvalue weighted by atomic mass is 10.0. The summed E-state index contributed by atoms with van der Waals surface area (Å²) in [5.74, 6) is -0.186. The van der Waals surface area contributed by atoms with Gasteiger partial charge in [0.05, 0.1) is 12.5 Å². The van der Waals surface area contributed by atoms with E-state index in [1.54, 1.807) is 0 Å². The molecule has 1 aliphatic rings. The summed E-state index contributed by atoms with van der Waals surface area (Å²) < 4.78 is 0.967. The smallest absolute Gasteiger partial charge is 0.222 e. The van der Waals surface area contributed by atoms with Crippen LogP contribution in [0.2, 0.25) is 0 Å². The Kier molecular flexibility index (Phi) is 8.73. The molecule has 1 heterocycles. The van der Waals surface area contributed by atoms with Crippen molar-refractivity contribution in [2.75, 3.05) is 39.3 Å². The molecule has 0 bridgehead atoms. The molecule has 2 N–H and O–H groups in total. The molecule has 1 fully saturated rings. The van der Waals surface area contributed by atoms with Crippen LogP contribution in [-0.2, 0) is 9.59 Å². The van der Waals surface area contributed by atoms with Crippen molar-refractivity contribution in [3.63, 3.8) is 0 Å². The number of hydrogen-bond acceptors (Lipinski definition) is 4. The van der Waals surface area contributed by atoms with E-state index in [-0.39, 0.29) is 24.3 Å². The van der Waals surface area contributed by atoms with Crippen molar-refractivity contribution in [3.05, 3.63) is 34.3 Å². The van der Waals surface area contributed by atoms with Crippen LogP contribution in [0.15, 0.2) is 28.7 Å². The second kappa shape index (κ2) is 10.8. The third-order valence-electron chi connectivity index (χ3n) is 5.11. The first-order valence-corrected chi connectivity index (χ1v) is 10.4. The maximum absolute atomic E-state index is 12.5. The highest BCUT2D eigenvalue weighted by Crippen LogP contribution is 2.20. The van der Waals surface area contributed by atoms with Gasteiger partial charge in [0.1, 0.15) is 0 Å². The minimum absolute atomic E-state index is 0.0456. The first-order chi connectivity index (χ1) is 12.9. The van der Waals surface area contributed by atoms with Crippen LogP contribution in [0.1, 0.15) is 38.8 Å². The third kappa shape index (κ3) is 7.24. The maximum Gasteiger partial charge on any atom is 0.222 e. The summed E-state index contributed by atoms with van der Waals surface area (Å²) in [6.07, 6.45) is 0.234. The summed E-state index contributed by atoms with van der Waals surface area (Å²) in [4.78, 5) is 28.9. The van der Waals surface area contributed by atoms with Crippen LogP contribution < -0.4 is 10.6 Å². The molecule has 2 amide bonds. The number of piperazine rings is 1. The van der Waals surface area contributed by atoms with Crippen LogP contribution in [0.5, 0.6) is 0 Å². The molecule has 0 aliphatic carbocycles. The Morgan fingerprint density at radius 1 is 1.15 bits per heavy atom. The number of amides is 2. The van der Waals surface area contributed by atoms with Crippen molar-refractivity contribution in [1.82, 2.24) is 20.4 Å². The van der Waals surface area contributed by atoms with Gasteiger partial charge >= 0.3 is 0 Å². The fourth-order valence-corrected chi connectivity index (χ4v) is 3.63. The van der Waals surface area contributed by atoms with E-state index in [2.05, 4.69) is 50.2 Å². The van der Waals surface area contributed by atoms with Crippen LogP contribution in [0.3, 0.4) is 0 Å². The molecule has 0 saturated carbocycles. The number of nitrogens with zero attached hydrogens (tertiary/aromatic N) is 2. The lowest BCUT2D eigenvalue weighted by Gasteiger charge is -2.37. The number of benzene rings is 1. The molecule has 0 aromatic heterocycles. The van der Waals surface area contributed by atoms with Gasteiger partial charge in [0.25, 0.3) is 0 Å². The SMILES string of the molecule is CCN1CCN(C(C)CNC(=O)CC(NC(C)=O)c2ccc(Br)cc2)CC1. The lowest BCUT2D eigenvalue weighted by Crippen LogP contribution is -2.52. The predicted octanol–water partition coefficient (Wildman–Crippen LogP) is 2.16. The van der Waals surface area contributed by atoms with E-state index in [9.17, 15) is 9.59 Å². The van der Waals surface area contributed by atoms with E-state index >= 15 is 0 Å². The highest BCUT2D eigenvalue weighted by atomic mass is 79.9. The maximum atomic E-state index is 12.5. The third-order valence-corrected chi connectivity index (χ3v) is 5.64. The molecule has 0 spiro atoms. The van der Waals surface area contributed by atoms with E-state index in [1.165, 1.54) is 6.92 Å². The number of halogens is 1. The van der Waals surface area contributed by atoms with Crippen LogP contribution in [0, 0.1) is 0 Å². The van der Waals surface area contributed by atoms with E-state index in [1.807, 2.05) is 24.3 Å². The standard InChI is InChI=1S/C20H31BrN4O2/c1-4-24-9-11-25(12-10-24)15(2)14-22-20(27)13-19(23-16(3)26)17-5-7-18(21)8-6-17/h5-8,15,19H,4,9-14H2,1-3H3,(H,22,27)(H,23,26). The molecule has 1 aromatic carbocycles. The normalized spacial score (nSPS) is 17.9. The summed E-state index contributed by atoms with van der Waals surface area (Å²) in [5, 5.41) is 5.91. The number of nitrogens with one attached hydrogen (secondary N) is 2. The van der Waals surface area contributed by atoms with Gasteiger partial charge < -0.3 is 15.5 Å². The zero-order valence-electron chi connectivity index (χ0n) is 16.5. The number of rotatable bonds is 8. The molecule has 2 rings (SSSR count). The molecule has 6 nitrogen and oxygen atoms in total. The lowest BCUT2D eigenvalue weighted by molar-refractivity contribution is -0.123. The van der Waals surface area contributed by atoms with Crippen LogP contribution in [-0.4, -0.2) is 66.9 Å². The van der Waals surface area contributed by atoms with E-state index < -0.39 is 0 Å². The molecule has 7 heteroatoms. The minimum Gasteiger partial charge on any atom is -0.354 e.